The van der Waals surface area contributed by atoms with E-state index >= 15 is 0 Å². The van der Waals surface area contributed by atoms with Crippen LogP contribution in [-0.2, 0) is 11.2 Å². The predicted octanol–water partition coefficient (Wildman–Crippen LogP) is 3.77. The minimum atomic E-state index is -0.398. The van der Waals surface area contributed by atoms with Crippen LogP contribution >= 0.6 is 0 Å². The Balaban J connectivity index is 1.97. The molecule has 2 rings (SSSR count). The largest absolute Gasteiger partial charge is 0.494 e. The summed E-state index contributed by atoms with van der Waals surface area (Å²) in [7, 11) is 1.44. The molecule has 0 atom stereocenters. The Kier molecular flexibility index (Phi) is 4.56. The van der Waals surface area contributed by atoms with E-state index in [0.29, 0.717) is 6.42 Å². The Morgan fingerprint density at radius 2 is 2.00 bits per heavy atom. The van der Waals surface area contributed by atoms with Gasteiger partial charge in [-0.1, -0.05) is 25.8 Å². The van der Waals surface area contributed by atoms with Crippen molar-refractivity contribution < 1.29 is 13.9 Å². The van der Waals surface area contributed by atoms with Crippen LogP contribution in [0.3, 0.4) is 0 Å². The number of carbonyl (C=O) groups excluding carboxylic acids is 1. The van der Waals surface area contributed by atoms with Gasteiger partial charge < -0.3 is 4.74 Å². The maximum Gasteiger partial charge on any atom is 0.165 e. The monoisotopic (exact) mass is 264 g/mol. The van der Waals surface area contributed by atoms with Crippen LogP contribution in [0.1, 0.15) is 38.2 Å². The number of Topliss-reactive ketones (excluding diaryl/α,β-unsaturated/α-hetero) is 1. The smallest absolute Gasteiger partial charge is 0.165 e. The number of hydrogen-bond acceptors (Lipinski definition) is 2. The number of hydrogen-bond donors (Lipinski definition) is 0. The van der Waals surface area contributed by atoms with Gasteiger partial charge in [0.2, 0.25) is 0 Å². The van der Waals surface area contributed by atoms with Crippen LogP contribution in [-0.4, -0.2) is 12.9 Å². The molecule has 1 aromatic carbocycles. The highest BCUT2D eigenvalue weighted by Crippen LogP contribution is 2.30. The van der Waals surface area contributed by atoms with Gasteiger partial charge in [-0.3, -0.25) is 4.79 Å². The molecule has 104 valence electrons. The van der Waals surface area contributed by atoms with Gasteiger partial charge in [-0.15, -0.1) is 0 Å². The standard InChI is InChI=1S/C16H21FO2/c1-11-3-6-13(7-4-11)15(18)10-12-5-8-16(19-2)14(17)9-12/h5,8-9,11,13H,3-4,6-7,10H2,1-2H3. The van der Waals surface area contributed by atoms with Crippen LogP contribution in [0, 0.1) is 17.7 Å². The zero-order valence-electron chi connectivity index (χ0n) is 11.6. The van der Waals surface area contributed by atoms with Crippen molar-refractivity contribution in [3.05, 3.63) is 29.6 Å². The molecule has 0 radical (unpaired) electrons. The fourth-order valence-corrected chi connectivity index (χ4v) is 2.75. The molecule has 0 unspecified atom stereocenters. The highest BCUT2D eigenvalue weighted by molar-refractivity contribution is 5.83. The van der Waals surface area contributed by atoms with Crippen molar-refractivity contribution in [2.24, 2.45) is 11.8 Å². The molecular weight excluding hydrogens is 243 g/mol. The first-order chi connectivity index (χ1) is 9.10. The lowest BCUT2D eigenvalue weighted by Gasteiger charge is -2.25. The summed E-state index contributed by atoms with van der Waals surface area (Å²) in [5, 5.41) is 0. The Morgan fingerprint density at radius 3 is 2.58 bits per heavy atom. The molecule has 3 heteroatoms. The lowest BCUT2D eigenvalue weighted by atomic mass is 9.80. The van der Waals surface area contributed by atoms with E-state index in [0.717, 1.165) is 37.2 Å². The molecule has 0 saturated heterocycles. The second-order valence-electron chi connectivity index (χ2n) is 5.57. The minimum Gasteiger partial charge on any atom is -0.494 e. The molecule has 0 aliphatic heterocycles. The second-order valence-corrected chi connectivity index (χ2v) is 5.57. The Labute approximate surface area is 114 Å². The summed E-state index contributed by atoms with van der Waals surface area (Å²) >= 11 is 0. The van der Waals surface area contributed by atoms with Crippen molar-refractivity contribution in [1.29, 1.82) is 0 Å². The van der Waals surface area contributed by atoms with Crippen LogP contribution in [0.5, 0.6) is 5.75 Å². The molecule has 0 amide bonds. The fourth-order valence-electron chi connectivity index (χ4n) is 2.75. The van der Waals surface area contributed by atoms with E-state index in [1.54, 1.807) is 12.1 Å². The Bertz CT molecular complexity index is 448. The van der Waals surface area contributed by atoms with Gasteiger partial charge in [0.25, 0.3) is 0 Å². The van der Waals surface area contributed by atoms with Gasteiger partial charge in [-0.05, 0) is 36.5 Å². The number of methoxy groups -OCH3 is 1. The number of ether oxygens (including phenoxy) is 1. The van der Waals surface area contributed by atoms with Gasteiger partial charge >= 0.3 is 0 Å². The van der Waals surface area contributed by atoms with E-state index in [4.69, 9.17) is 4.74 Å². The molecule has 0 aromatic heterocycles. The van der Waals surface area contributed by atoms with E-state index < -0.39 is 5.82 Å². The van der Waals surface area contributed by atoms with E-state index in [1.165, 1.54) is 13.2 Å². The summed E-state index contributed by atoms with van der Waals surface area (Å²) in [6.07, 6.45) is 4.57. The first kappa shape index (κ1) is 14.0. The van der Waals surface area contributed by atoms with Gasteiger partial charge in [0.05, 0.1) is 7.11 Å². The molecule has 0 heterocycles. The van der Waals surface area contributed by atoms with E-state index in [-0.39, 0.29) is 17.5 Å². The highest BCUT2D eigenvalue weighted by atomic mass is 19.1. The van der Waals surface area contributed by atoms with Crippen LogP contribution in [0.25, 0.3) is 0 Å². The third-order valence-electron chi connectivity index (χ3n) is 4.07. The molecule has 1 aliphatic rings. The molecule has 1 aromatic rings. The van der Waals surface area contributed by atoms with Gasteiger partial charge in [0.15, 0.2) is 11.6 Å². The maximum atomic E-state index is 13.6. The first-order valence-electron chi connectivity index (χ1n) is 6.95. The lowest BCUT2D eigenvalue weighted by molar-refractivity contribution is -0.123. The third-order valence-corrected chi connectivity index (χ3v) is 4.07. The van der Waals surface area contributed by atoms with Gasteiger partial charge in [-0.2, -0.15) is 0 Å². The summed E-state index contributed by atoms with van der Waals surface area (Å²) in [5.74, 6) is 0.980. The zero-order chi connectivity index (χ0) is 13.8. The van der Waals surface area contributed by atoms with Crippen molar-refractivity contribution in [3.63, 3.8) is 0 Å². The molecule has 2 nitrogen and oxygen atoms in total. The van der Waals surface area contributed by atoms with Gasteiger partial charge in [0, 0.05) is 12.3 Å². The molecule has 0 bridgehead atoms. The number of carbonyl (C=O) groups is 1. The molecule has 1 aliphatic carbocycles. The number of rotatable bonds is 4. The quantitative estimate of drug-likeness (QED) is 0.827. The Hall–Kier alpha value is -1.38. The summed E-state index contributed by atoms with van der Waals surface area (Å²) in [5.41, 5.74) is 0.738. The average molecular weight is 264 g/mol. The predicted molar refractivity (Wildman–Crippen MR) is 72.8 cm³/mol. The second kappa shape index (κ2) is 6.18. The van der Waals surface area contributed by atoms with E-state index in [2.05, 4.69) is 6.92 Å². The molecule has 19 heavy (non-hydrogen) atoms. The number of ketones is 1. The highest BCUT2D eigenvalue weighted by Gasteiger charge is 2.24. The summed E-state index contributed by atoms with van der Waals surface area (Å²) in [4.78, 5) is 12.2. The molecule has 1 saturated carbocycles. The normalized spacial score (nSPS) is 23.1. The van der Waals surface area contributed by atoms with E-state index in [9.17, 15) is 9.18 Å². The summed E-state index contributed by atoms with van der Waals surface area (Å²) in [6, 6.07) is 4.76. The van der Waals surface area contributed by atoms with Gasteiger partial charge in [-0.25, -0.2) is 4.39 Å². The minimum absolute atomic E-state index is 0.168. The SMILES string of the molecule is COc1ccc(CC(=O)C2CCC(C)CC2)cc1F. The Morgan fingerprint density at radius 1 is 1.32 bits per heavy atom. The summed E-state index contributed by atoms with van der Waals surface area (Å²) in [6.45, 7) is 2.24. The van der Waals surface area contributed by atoms with Crippen LogP contribution in [0.4, 0.5) is 4.39 Å². The van der Waals surface area contributed by atoms with Crippen LogP contribution in [0.15, 0.2) is 18.2 Å². The fraction of sp³-hybridized carbons (Fsp3) is 0.562. The topological polar surface area (TPSA) is 26.3 Å². The average Bonchev–Trinajstić information content (AvgIpc) is 2.39. The number of halogens is 1. The zero-order valence-corrected chi connectivity index (χ0v) is 11.6. The number of benzene rings is 1. The first-order valence-corrected chi connectivity index (χ1v) is 6.95. The van der Waals surface area contributed by atoms with Crippen molar-refractivity contribution in [3.8, 4) is 5.75 Å². The van der Waals surface area contributed by atoms with Crippen molar-refractivity contribution in [1.82, 2.24) is 0 Å². The van der Waals surface area contributed by atoms with Crippen LogP contribution in [0.2, 0.25) is 0 Å². The molecule has 0 N–H and O–H groups in total. The third kappa shape index (κ3) is 3.55. The maximum absolute atomic E-state index is 13.6. The molecule has 1 fully saturated rings. The molecule has 0 spiro atoms. The van der Waals surface area contributed by atoms with Crippen molar-refractivity contribution in [2.45, 2.75) is 39.0 Å². The van der Waals surface area contributed by atoms with E-state index in [1.807, 2.05) is 0 Å². The lowest BCUT2D eigenvalue weighted by Crippen LogP contribution is -2.22. The summed E-state index contributed by atoms with van der Waals surface area (Å²) < 4.78 is 18.4. The molecular formula is C16H21FO2. The van der Waals surface area contributed by atoms with Crippen molar-refractivity contribution in [2.75, 3.05) is 7.11 Å². The van der Waals surface area contributed by atoms with Gasteiger partial charge in [0.1, 0.15) is 5.78 Å². The van der Waals surface area contributed by atoms with Crippen LogP contribution < -0.4 is 4.74 Å². The van der Waals surface area contributed by atoms with Crippen molar-refractivity contribution >= 4 is 5.78 Å².